The highest BCUT2D eigenvalue weighted by molar-refractivity contribution is 5.80. The van der Waals surface area contributed by atoms with E-state index in [1.54, 1.807) is 0 Å². The van der Waals surface area contributed by atoms with Crippen molar-refractivity contribution in [2.45, 2.75) is 77.7 Å². The van der Waals surface area contributed by atoms with Gasteiger partial charge in [-0.2, -0.15) is 0 Å². The number of rotatable bonds is 3. The van der Waals surface area contributed by atoms with E-state index < -0.39 is 0 Å². The van der Waals surface area contributed by atoms with Gasteiger partial charge >= 0.3 is 0 Å². The summed E-state index contributed by atoms with van der Waals surface area (Å²) in [6, 6.07) is 22.6. The lowest BCUT2D eigenvalue weighted by Gasteiger charge is -2.46. The summed E-state index contributed by atoms with van der Waals surface area (Å²) >= 11 is 0. The number of aryl methyl sites for hydroxylation is 3. The Labute approximate surface area is 193 Å². The third-order valence-electron chi connectivity index (χ3n) is 8.32. The number of nitrogens with one attached hydrogen (secondary N) is 1. The molecule has 0 spiro atoms. The number of nitrogens with zero attached hydrogens (tertiary/aromatic N) is 1. The van der Waals surface area contributed by atoms with Crippen molar-refractivity contribution in [1.29, 1.82) is 0 Å². The molecule has 3 aromatic rings. The summed E-state index contributed by atoms with van der Waals surface area (Å²) in [5.74, 6) is 0. The van der Waals surface area contributed by atoms with Crippen LogP contribution in [-0.2, 0) is 5.41 Å². The summed E-state index contributed by atoms with van der Waals surface area (Å²) in [5, 5.41) is 3.77. The molecular formula is C30H36N2. The van der Waals surface area contributed by atoms with Crippen LogP contribution in [0.4, 0.5) is 22.7 Å². The maximum atomic E-state index is 3.77. The van der Waals surface area contributed by atoms with Crippen molar-refractivity contribution in [1.82, 2.24) is 0 Å². The number of benzene rings is 3. The molecule has 0 saturated heterocycles. The van der Waals surface area contributed by atoms with Gasteiger partial charge in [-0.1, -0.05) is 62.1 Å². The van der Waals surface area contributed by atoms with Gasteiger partial charge in [0.05, 0.1) is 5.54 Å². The zero-order valence-corrected chi connectivity index (χ0v) is 20.3. The van der Waals surface area contributed by atoms with Crippen LogP contribution in [0.25, 0.3) is 0 Å². The van der Waals surface area contributed by atoms with Gasteiger partial charge < -0.3 is 10.2 Å². The quantitative estimate of drug-likeness (QED) is 0.453. The molecule has 2 atom stereocenters. The van der Waals surface area contributed by atoms with Crippen molar-refractivity contribution in [2.75, 3.05) is 10.2 Å². The third-order valence-corrected chi connectivity index (χ3v) is 8.32. The van der Waals surface area contributed by atoms with Crippen molar-refractivity contribution in [3.63, 3.8) is 0 Å². The molecule has 0 amide bonds. The predicted molar refractivity (Wildman–Crippen MR) is 138 cm³/mol. The number of hydrogen-bond donors (Lipinski definition) is 1. The van der Waals surface area contributed by atoms with E-state index >= 15 is 0 Å². The topological polar surface area (TPSA) is 15.3 Å². The molecule has 3 aromatic carbocycles. The number of hydrogen-bond acceptors (Lipinski definition) is 2. The van der Waals surface area contributed by atoms with E-state index in [2.05, 4.69) is 105 Å². The summed E-state index contributed by atoms with van der Waals surface area (Å²) in [6.45, 7) is 11.6. The van der Waals surface area contributed by atoms with E-state index in [1.807, 2.05) is 0 Å². The molecule has 2 aliphatic rings. The third kappa shape index (κ3) is 3.15. The van der Waals surface area contributed by atoms with Crippen LogP contribution in [-0.4, -0.2) is 5.54 Å². The molecule has 32 heavy (non-hydrogen) atoms. The van der Waals surface area contributed by atoms with Crippen molar-refractivity contribution >= 4 is 22.7 Å². The molecule has 0 radical (unpaired) electrons. The molecule has 2 unspecified atom stereocenters. The Balaban J connectivity index is 1.64. The first-order chi connectivity index (χ1) is 15.3. The monoisotopic (exact) mass is 424 g/mol. The van der Waals surface area contributed by atoms with Gasteiger partial charge in [-0.25, -0.2) is 0 Å². The molecule has 2 nitrogen and oxygen atoms in total. The summed E-state index contributed by atoms with van der Waals surface area (Å²) in [4.78, 5) is 2.65. The first-order valence-corrected chi connectivity index (χ1v) is 12.2. The largest absolute Gasteiger partial charge is 0.355 e. The second-order valence-corrected chi connectivity index (χ2v) is 10.5. The Hall–Kier alpha value is -2.74. The van der Waals surface area contributed by atoms with Crippen molar-refractivity contribution in [3.8, 4) is 0 Å². The molecular weight excluding hydrogens is 388 g/mol. The molecule has 1 fully saturated rings. The van der Waals surface area contributed by atoms with Gasteiger partial charge in [-0.05, 0) is 87.6 Å². The molecule has 2 heteroatoms. The molecule has 1 saturated carbocycles. The zero-order chi connectivity index (χ0) is 22.5. The van der Waals surface area contributed by atoms with Crippen LogP contribution in [0.2, 0.25) is 0 Å². The van der Waals surface area contributed by atoms with Gasteiger partial charge in [0.25, 0.3) is 0 Å². The Kier molecular flexibility index (Phi) is 5.08. The Morgan fingerprint density at radius 2 is 1.47 bits per heavy atom. The van der Waals surface area contributed by atoms with Crippen LogP contribution in [0.3, 0.4) is 0 Å². The molecule has 0 bridgehead atoms. The second-order valence-electron chi connectivity index (χ2n) is 10.5. The maximum absolute atomic E-state index is 3.77. The van der Waals surface area contributed by atoms with Gasteiger partial charge in [-0.15, -0.1) is 0 Å². The van der Waals surface area contributed by atoms with Crippen LogP contribution < -0.4 is 10.2 Å². The Bertz CT molecular complexity index is 1130. The lowest BCUT2D eigenvalue weighted by Crippen LogP contribution is -2.52. The SMILES string of the molecule is Cc1cc(C)c(Nc2ccc3c(c2)C2(C)CCCCCC2(C)N3c2ccccc2)c(C)c1. The number of anilines is 4. The highest BCUT2D eigenvalue weighted by Gasteiger charge is 2.56. The van der Waals surface area contributed by atoms with Crippen LogP contribution >= 0.6 is 0 Å². The fourth-order valence-electron chi connectivity index (χ4n) is 6.49. The van der Waals surface area contributed by atoms with E-state index in [9.17, 15) is 0 Å². The van der Waals surface area contributed by atoms with Crippen molar-refractivity contribution < 1.29 is 0 Å². The lowest BCUT2D eigenvalue weighted by atomic mass is 9.66. The van der Waals surface area contributed by atoms with Crippen molar-refractivity contribution in [3.05, 3.63) is 82.9 Å². The fraction of sp³-hybridized carbons (Fsp3) is 0.400. The first-order valence-electron chi connectivity index (χ1n) is 12.2. The molecule has 166 valence electrons. The predicted octanol–water partition coefficient (Wildman–Crippen LogP) is 8.49. The minimum atomic E-state index is 0.0848. The second kappa shape index (κ2) is 7.69. The molecule has 1 heterocycles. The van der Waals surface area contributed by atoms with Crippen molar-refractivity contribution in [2.24, 2.45) is 0 Å². The zero-order valence-electron chi connectivity index (χ0n) is 20.3. The summed E-state index contributed by atoms with van der Waals surface area (Å²) in [7, 11) is 0. The summed E-state index contributed by atoms with van der Waals surface area (Å²) in [6.07, 6.45) is 6.42. The summed E-state index contributed by atoms with van der Waals surface area (Å²) < 4.78 is 0. The molecule has 1 aliphatic carbocycles. The van der Waals surface area contributed by atoms with Gasteiger partial charge in [0.1, 0.15) is 0 Å². The van der Waals surface area contributed by atoms with Crippen LogP contribution in [0.5, 0.6) is 0 Å². The van der Waals surface area contributed by atoms with E-state index in [0.29, 0.717) is 0 Å². The van der Waals surface area contributed by atoms with E-state index in [0.717, 1.165) is 0 Å². The maximum Gasteiger partial charge on any atom is 0.0517 e. The molecule has 0 aromatic heterocycles. The van der Waals surface area contributed by atoms with Gasteiger partial charge in [-0.3, -0.25) is 0 Å². The van der Waals surface area contributed by atoms with Crippen LogP contribution in [0.15, 0.2) is 60.7 Å². The average molecular weight is 425 g/mol. The molecule has 1 aliphatic heterocycles. The molecule has 1 N–H and O–H groups in total. The van der Waals surface area contributed by atoms with Crippen LogP contribution in [0.1, 0.15) is 68.2 Å². The Morgan fingerprint density at radius 3 is 2.19 bits per heavy atom. The molecule has 5 rings (SSSR count). The van der Waals surface area contributed by atoms with E-state index in [-0.39, 0.29) is 11.0 Å². The normalized spacial score (nSPS) is 24.6. The highest BCUT2D eigenvalue weighted by Crippen LogP contribution is 2.60. The number of fused-ring (bicyclic) bond motifs is 3. The Morgan fingerprint density at radius 1 is 0.781 bits per heavy atom. The van der Waals surface area contributed by atoms with E-state index in [1.165, 1.54) is 77.1 Å². The average Bonchev–Trinajstić information content (AvgIpc) is 2.84. The fourth-order valence-corrected chi connectivity index (χ4v) is 6.49. The highest BCUT2D eigenvalue weighted by atomic mass is 15.2. The summed E-state index contributed by atoms with van der Waals surface area (Å²) in [5.41, 5.74) is 10.8. The first kappa shape index (κ1) is 21.1. The lowest BCUT2D eigenvalue weighted by molar-refractivity contribution is 0.261. The van der Waals surface area contributed by atoms with Gasteiger partial charge in [0.2, 0.25) is 0 Å². The van der Waals surface area contributed by atoms with Crippen LogP contribution in [0, 0.1) is 20.8 Å². The minimum Gasteiger partial charge on any atom is -0.355 e. The minimum absolute atomic E-state index is 0.0848. The van der Waals surface area contributed by atoms with E-state index in [4.69, 9.17) is 0 Å². The smallest absolute Gasteiger partial charge is 0.0517 e. The number of para-hydroxylation sites is 1. The van der Waals surface area contributed by atoms with Gasteiger partial charge in [0.15, 0.2) is 0 Å². The van der Waals surface area contributed by atoms with Gasteiger partial charge in [0, 0.05) is 28.2 Å². The standard InChI is InChI=1S/C30H36N2/c1-21-18-22(2)28(23(3)19-21)31-24-14-15-27-26(20-24)29(4)16-10-7-11-17-30(29,5)32(27)25-12-8-6-9-13-25/h6,8-9,12-15,18-20,31H,7,10-11,16-17H2,1-5H3.